The summed E-state index contributed by atoms with van der Waals surface area (Å²) >= 11 is 0. The molecule has 1 saturated heterocycles. The predicted molar refractivity (Wildman–Crippen MR) is 89.3 cm³/mol. The van der Waals surface area contributed by atoms with Crippen LogP contribution in [0, 0.1) is 5.92 Å². The minimum absolute atomic E-state index is 0.0780. The summed E-state index contributed by atoms with van der Waals surface area (Å²) in [6.45, 7) is 5.89. The molecule has 1 heterocycles. The smallest absolute Gasteiger partial charge is 0.341 e. The number of rotatable bonds is 8. The van der Waals surface area contributed by atoms with Gasteiger partial charge in [0, 0.05) is 25.3 Å². The van der Waals surface area contributed by atoms with E-state index in [-0.39, 0.29) is 12.0 Å². The molecule has 1 atom stereocenters. The van der Waals surface area contributed by atoms with E-state index in [1.807, 2.05) is 0 Å². The fraction of sp³-hybridized carbons (Fsp3) is 0.556. The van der Waals surface area contributed by atoms with Gasteiger partial charge in [-0.05, 0) is 37.0 Å². The maximum Gasteiger partial charge on any atom is 0.341 e. The fourth-order valence-electron chi connectivity index (χ4n) is 2.57. The van der Waals surface area contributed by atoms with Gasteiger partial charge in [-0.25, -0.2) is 4.79 Å². The molecule has 2 rings (SSSR count). The van der Waals surface area contributed by atoms with Gasteiger partial charge in [0.1, 0.15) is 5.75 Å². The van der Waals surface area contributed by atoms with Crippen LogP contribution in [0.25, 0.3) is 0 Å². The van der Waals surface area contributed by atoms with Crippen molar-refractivity contribution in [3.8, 4) is 5.75 Å². The highest BCUT2D eigenvalue weighted by atomic mass is 16.5. The van der Waals surface area contributed by atoms with E-state index in [2.05, 4.69) is 13.8 Å². The van der Waals surface area contributed by atoms with Gasteiger partial charge in [-0.2, -0.15) is 0 Å². The fourth-order valence-corrected chi connectivity index (χ4v) is 2.57. The molecule has 132 valence electrons. The Bertz CT molecular complexity index is 572. The molecule has 0 spiro atoms. The van der Waals surface area contributed by atoms with Crippen LogP contribution >= 0.6 is 0 Å². The number of nitrogens with zero attached hydrogens (tertiary/aromatic N) is 1. The van der Waals surface area contributed by atoms with Crippen molar-refractivity contribution in [3.63, 3.8) is 0 Å². The molecule has 1 fully saturated rings. The number of likely N-dealkylation sites (tertiary alicyclic amines) is 1. The van der Waals surface area contributed by atoms with E-state index in [0.29, 0.717) is 30.3 Å². The van der Waals surface area contributed by atoms with Crippen LogP contribution in [-0.2, 0) is 9.53 Å². The molecule has 0 aliphatic carbocycles. The van der Waals surface area contributed by atoms with E-state index in [4.69, 9.17) is 14.6 Å². The summed E-state index contributed by atoms with van der Waals surface area (Å²) < 4.78 is 11.0. The second kappa shape index (κ2) is 8.68. The van der Waals surface area contributed by atoms with Crippen LogP contribution in [0.1, 0.15) is 37.0 Å². The van der Waals surface area contributed by atoms with Crippen molar-refractivity contribution < 1.29 is 24.2 Å². The summed E-state index contributed by atoms with van der Waals surface area (Å²) in [6, 6.07) is 6.62. The predicted octanol–water partition coefficient (Wildman–Crippen LogP) is 2.43. The topological polar surface area (TPSA) is 76.1 Å². The van der Waals surface area contributed by atoms with E-state index in [1.165, 1.54) is 0 Å². The Labute approximate surface area is 142 Å². The lowest BCUT2D eigenvalue weighted by Gasteiger charge is -2.17. The molecule has 1 unspecified atom stereocenters. The molecular formula is C18H25NO5. The van der Waals surface area contributed by atoms with Gasteiger partial charge in [0.15, 0.2) is 6.61 Å². The minimum atomic E-state index is -1.05. The number of carbonyl (C=O) groups is 2. The highest BCUT2D eigenvalue weighted by Gasteiger charge is 2.27. The Morgan fingerprint density at radius 3 is 2.88 bits per heavy atom. The van der Waals surface area contributed by atoms with Gasteiger partial charge in [-0.15, -0.1) is 0 Å². The lowest BCUT2D eigenvalue weighted by atomic mass is 10.1. The molecule has 1 aromatic rings. The first-order chi connectivity index (χ1) is 11.5. The molecule has 0 saturated carbocycles. The average molecular weight is 335 g/mol. The number of hydrogen-bond acceptors (Lipinski definition) is 4. The second-order valence-electron chi connectivity index (χ2n) is 6.43. The summed E-state index contributed by atoms with van der Waals surface area (Å²) in [7, 11) is 0. The zero-order valence-corrected chi connectivity index (χ0v) is 14.2. The van der Waals surface area contributed by atoms with Crippen molar-refractivity contribution in [2.24, 2.45) is 5.92 Å². The molecule has 6 heteroatoms. The zero-order valence-electron chi connectivity index (χ0n) is 14.2. The van der Waals surface area contributed by atoms with Crippen molar-refractivity contribution in [1.82, 2.24) is 4.90 Å². The van der Waals surface area contributed by atoms with Gasteiger partial charge < -0.3 is 19.5 Å². The highest BCUT2D eigenvalue weighted by molar-refractivity contribution is 5.94. The number of benzene rings is 1. The number of carboxylic acid groups (broad SMARTS) is 1. The van der Waals surface area contributed by atoms with E-state index in [0.717, 1.165) is 19.4 Å². The third-order valence-corrected chi connectivity index (χ3v) is 3.92. The zero-order chi connectivity index (χ0) is 17.5. The molecule has 1 aliphatic heterocycles. The van der Waals surface area contributed by atoms with Gasteiger partial charge >= 0.3 is 5.97 Å². The molecule has 1 amide bonds. The van der Waals surface area contributed by atoms with Crippen LogP contribution in [0.15, 0.2) is 24.3 Å². The van der Waals surface area contributed by atoms with Gasteiger partial charge in [-0.3, -0.25) is 4.79 Å². The van der Waals surface area contributed by atoms with Crippen molar-refractivity contribution in [2.45, 2.75) is 32.8 Å². The summed E-state index contributed by atoms with van der Waals surface area (Å²) in [5.41, 5.74) is 0.501. The normalized spacial score (nSPS) is 17.3. The first-order valence-corrected chi connectivity index (χ1v) is 8.31. The van der Waals surface area contributed by atoms with E-state index < -0.39 is 12.6 Å². The summed E-state index contributed by atoms with van der Waals surface area (Å²) in [5, 5.41) is 8.65. The Hall–Kier alpha value is -2.08. The van der Waals surface area contributed by atoms with Crippen LogP contribution in [0.5, 0.6) is 5.75 Å². The first kappa shape index (κ1) is 18.3. The van der Waals surface area contributed by atoms with Gasteiger partial charge in [0.2, 0.25) is 0 Å². The Morgan fingerprint density at radius 2 is 2.17 bits per heavy atom. The van der Waals surface area contributed by atoms with Crippen LogP contribution in [0.3, 0.4) is 0 Å². The van der Waals surface area contributed by atoms with Crippen molar-refractivity contribution in [3.05, 3.63) is 29.8 Å². The first-order valence-electron chi connectivity index (χ1n) is 8.31. The second-order valence-corrected chi connectivity index (χ2v) is 6.43. The molecule has 1 aliphatic rings. The number of aliphatic carboxylic acids is 1. The Balaban J connectivity index is 1.88. The van der Waals surface area contributed by atoms with Gasteiger partial charge in [0.05, 0.1) is 6.10 Å². The van der Waals surface area contributed by atoms with Crippen LogP contribution < -0.4 is 4.74 Å². The number of ether oxygens (including phenoxy) is 2. The molecular weight excluding hydrogens is 310 g/mol. The number of carboxylic acids is 1. The molecule has 0 aromatic heterocycles. The minimum Gasteiger partial charge on any atom is -0.482 e. The maximum absolute atomic E-state index is 12.6. The monoisotopic (exact) mass is 335 g/mol. The molecule has 24 heavy (non-hydrogen) atoms. The quantitative estimate of drug-likeness (QED) is 0.789. The van der Waals surface area contributed by atoms with Crippen molar-refractivity contribution >= 4 is 11.9 Å². The van der Waals surface area contributed by atoms with Crippen molar-refractivity contribution in [1.29, 1.82) is 0 Å². The maximum atomic E-state index is 12.6. The van der Waals surface area contributed by atoms with Crippen molar-refractivity contribution in [2.75, 3.05) is 26.3 Å². The summed E-state index contributed by atoms with van der Waals surface area (Å²) in [6.07, 6.45) is 1.96. The Kier molecular flexibility index (Phi) is 6.61. The Morgan fingerprint density at radius 1 is 1.38 bits per heavy atom. The number of amides is 1. The van der Waals surface area contributed by atoms with E-state index in [1.54, 1.807) is 29.2 Å². The number of carbonyl (C=O) groups excluding carboxylic acids is 1. The molecule has 0 bridgehead atoms. The summed E-state index contributed by atoms with van der Waals surface area (Å²) in [5.74, 6) is -0.136. The van der Waals surface area contributed by atoms with Gasteiger partial charge in [0.25, 0.3) is 5.91 Å². The SMILES string of the molecule is CC(C)CCOC1CCN(C(=O)c2cccc(OCC(=O)O)c2)C1. The molecule has 1 aromatic carbocycles. The third-order valence-electron chi connectivity index (χ3n) is 3.92. The average Bonchev–Trinajstić information content (AvgIpc) is 3.01. The molecule has 6 nitrogen and oxygen atoms in total. The third kappa shape index (κ3) is 5.53. The van der Waals surface area contributed by atoms with E-state index >= 15 is 0 Å². The van der Waals surface area contributed by atoms with E-state index in [9.17, 15) is 9.59 Å². The number of hydrogen-bond donors (Lipinski definition) is 1. The van der Waals surface area contributed by atoms with Crippen LogP contribution in [0.2, 0.25) is 0 Å². The highest BCUT2D eigenvalue weighted by Crippen LogP contribution is 2.19. The molecule has 1 N–H and O–H groups in total. The largest absolute Gasteiger partial charge is 0.482 e. The van der Waals surface area contributed by atoms with Crippen LogP contribution in [-0.4, -0.2) is 54.3 Å². The lowest BCUT2D eigenvalue weighted by Crippen LogP contribution is -2.30. The molecule has 0 radical (unpaired) electrons. The lowest BCUT2D eigenvalue weighted by molar-refractivity contribution is -0.139. The summed E-state index contributed by atoms with van der Waals surface area (Å²) in [4.78, 5) is 24.9. The van der Waals surface area contributed by atoms with Crippen LogP contribution in [0.4, 0.5) is 0 Å². The standard InChI is InChI=1S/C18H25NO5/c1-13(2)7-9-23-16-6-8-19(11-16)18(22)14-4-3-5-15(10-14)24-12-17(20)21/h3-5,10,13,16H,6-9,11-12H2,1-2H3,(H,20,21). The van der Waals surface area contributed by atoms with Gasteiger partial charge in [-0.1, -0.05) is 19.9 Å².